The molecule has 164 valence electrons. The van der Waals surface area contributed by atoms with Crippen molar-refractivity contribution in [1.29, 1.82) is 0 Å². The number of aliphatic hydroxyl groups is 1. The summed E-state index contributed by atoms with van der Waals surface area (Å²) in [6, 6.07) is 0. The topological polar surface area (TPSA) is 60.4 Å². The number of rotatable bonds is 18. The molecule has 0 aliphatic heterocycles. The maximum atomic E-state index is 9.26. The number of nitrogens with zero attached hydrogens (tertiary/aromatic N) is 1. The molecule has 0 radical (unpaired) electrons. The van der Waals surface area contributed by atoms with Crippen LogP contribution in [-0.4, -0.2) is 49.4 Å². The summed E-state index contributed by atoms with van der Waals surface area (Å²) in [5.74, 6) is -0.995. The summed E-state index contributed by atoms with van der Waals surface area (Å²) in [7, 11) is 4.44. The normalized spacial score (nSPS) is 11.1. The molecule has 0 aromatic heterocycles. The van der Waals surface area contributed by atoms with E-state index in [4.69, 9.17) is 5.11 Å². The zero-order chi connectivity index (χ0) is 20.8. The van der Waals surface area contributed by atoms with Crippen LogP contribution < -0.4 is 5.11 Å². The monoisotopic (exact) mass is 387 g/mol. The summed E-state index contributed by atoms with van der Waals surface area (Å²) in [5, 5.41) is 18.3. The Kier molecular flexibility index (Phi) is 23.0. The van der Waals surface area contributed by atoms with E-state index in [9.17, 15) is 9.90 Å². The second-order valence-corrected chi connectivity index (χ2v) is 8.43. The number of aliphatic hydroxyl groups excluding tert-OH is 1. The lowest BCUT2D eigenvalue weighted by Gasteiger charge is -2.28. The van der Waals surface area contributed by atoms with Crippen LogP contribution in [0.5, 0.6) is 0 Å². The van der Waals surface area contributed by atoms with Crippen molar-refractivity contribution in [2.45, 2.75) is 110 Å². The highest BCUT2D eigenvalue weighted by atomic mass is 16.4. The Morgan fingerprint density at radius 2 is 1.04 bits per heavy atom. The fraction of sp³-hybridized carbons (Fsp3) is 0.957. The van der Waals surface area contributed by atoms with Crippen molar-refractivity contribution in [2.75, 3.05) is 33.8 Å². The van der Waals surface area contributed by atoms with E-state index in [-0.39, 0.29) is 6.42 Å². The summed E-state index contributed by atoms with van der Waals surface area (Å²) in [4.78, 5) is 9.26. The summed E-state index contributed by atoms with van der Waals surface area (Å²) in [5.41, 5.74) is 0. The number of carboxylic acid groups (broad SMARTS) is 1. The Morgan fingerprint density at radius 1 is 0.704 bits per heavy atom. The number of quaternary nitrogens is 1. The van der Waals surface area contributed by atoms with Crippen LogP contribution in [0.25, 0.3) is 0 Å². The summed E-state index contributed by atoms with van der Waals surface area (Å²) < 4.78 is 0.967. The maximum Gasteiger partial charge on any atom is 0.102 e. The molecule has 0 aliphatic carbocycles. The average molecular weight is 388 g/mol. The number of carbonyl (C=O) groups is 1. The molecule has 0 aliphatic rings. The number of carboxylic acids is 1. The first-order valence-electron chi connectivity index (χ1n) is 11.5. The molecule has 0 heterocycles. The fourth-order valence-corrected chi connectivity index (χ4v) is 3.12. The van der Waals surface area contributed by atoms with E-state index < -0.39 is 5.97 Å². The molecule has 27 heavy (non-hydrogen) atoms. The van der Waals surface area contributed by atoms with E-state index in [0.717, 1.165) is 11.0 Å². The molecule has 0 fully saturated rings. The van der Waals surface area contributed by atoms with Crippen molar-refractivity contribution < 1.29 is 19.5 Å². The summed E-state index contributed by atoms with van der Waals surface area (Å²) >= 11 is 0. The van der Waals surface area contributed by atoms with Gasteiger partial charge in [0.2, 0.25) is 0 Å². The van der Waals surface area contributed by atoms with Gasteiger partial charge in [0, 0.05) is 5.97 Å². The van der Waals surface area contributed by atoms with Crippen LogP contribution in [-0.2, 0) is 4.79 Å². The van der Waals surface area contributed by atoms with Crippen molar-refractivity contribution in [3.8, 4) is 0 Å². The molecule has 1 N–H and O–H groups in total. The highest BCUT2D eigenvalue weighted by molar-refractivity contribution is 5.63. The molecule has 0 saturated carbocycles. The SMILES string of the molecule is CCC(=O)[O-].CCCCCCCCCCCCCCCC[N+](C)(C)CCO. The molecule has 0 saturated heterocycles. The Bertz CT molecular complexity index is 306. The van der Waals surface area contributed by atoms with Crippen LogP contribution in [0.3, 0.4) is 0 Å². The van der Waals surface area contributed by atoms with Gasteiger partial charge in [-0.25, -0.2) is 0 Å². The molecule has 0 rings (SSSR count). The third-order valence-electron chi connectivity index (χ3n) is 5.11. The third-order valence-corrected chi connectivity index (χ3v) is 5.11. The first kappa shape index (κ1) is 28.6. The largest absolute Gasteiger partial charge is 0.550 e. The predicted molar refractivity (Wildman–Crippen MR) is 115 cm³/mol. The number of hydrogen-bond acceptors (Lipinski definition) is 3. The van der Waals surface area contributed by atoms with Crippen LogP contribution in [0.2, 0.25) is 0 Å². The van der Waals surface area contributed by atoms with Gasteiger partial charge in [-0.05, 0) is 19.3 Å². The van der Waals surface area contributed by atoms with Gasteiger partial charge in [-0.15, -0.1) is 0 Å². The Morgan fingerprint density at radius 3 is 1.33 bits per heavy atom. The second-order valence-electron chi connectivity index (χ2n) is 8.43. The van der Waals surface area contributed by atoms with Crippen LogP contribution >= 0.6 is 0 Å². The van der Waals surface area contributed by atoms with E-state index in [1.807, 2.05) is 0 Å². The lowest BCUT2D eigenvalue weighted by molar-refractivity contribution is -0.890. The zero-order valence-electron chi connectivity index (χ0n) is 18.9. The van der Waals surface area contributed by atoms with Crippen molar-refractivity contribution in [1.82, 2.24) is 0 Å². The Balaban J connectivity index is 0. The smallest absolute Gasteiger partial charge is 0.102 e. The first-order chi connectivity index (χ1) is 12.9. The molecule has 0 unspecified atom stereocenters. The number of carbonyl (C=O) groups excluding carboxylic acids is 1. The average Bonchev–Trinajstić information content (AvgIpc) is 2.62. The van der Waals surface area contributed by atoms with E-state index >= 15 is 0 Å². The van der Waals surface area contributed by atoms with Crippen molar-refractivity contribution in [2.24, 2.45) is 0 Å². The highest BCUT2D eigenvalue weighted by Crippen LogP contribution is 2.13. The van der Waals surface area contributed by atoms with Gasteiger partial charge in [0.25, 0.3) is 0 Å². The van der Waals surface area contributed by atoms with E-state index in [2.05, 4.69) is 21.0 Å². The molecular weight excluding hydrogens is 338 g/mol. The molecule has 0 amide bonds. The molecule has 0 atom stereocenters. The van der Waals surface area contributed by atoms with Crippen molar-refractivity contribution >= 4 is 5.97 Å². The van der Waals surface area contributed by atoms with Gasteiger partial charge in [-0.3, -0.25) is 0 Å². The van der Waals surface area contributed by atoms with Gasteiger partial charge >= 0.3 is 0 Å². The lowest BCUT2D eigenvalue weighted by atomic mass is 10.0. The van der Waals surface area contributed by atoms with Crippen molar-refractivity contribution in [3.63, 3.8) is 0 Å². The predicted octanol–water partition coefficient (Wildman–Crippen LogP) is 4.68. The van der Waals surface area contributed by atoms with E-state index in [1.165, 1.54) is 103 Å². The highest BCUT2D eigenvalue weighted by Gasteiger charge is 2.12. The Labute approximate surface area is 169 Å². The van der Waals surface area contributed by atoms with E-state index in [0.29, 0.717) is 6.61 Å². The minimum Gasteiger partial charge on any atom is -0.550 e. The summed E-state index contributed by atoms with van der Waals surface area (Å²) in [6.45, 7) is 6.23. The molecular formula is C23H49NO3. The zero-order valence-corrected chi connectivity index (χ0v) is 18.9. The van der Waals surface area contributed by atoms with E-state index in [1.54, 1.807) is 0 Å². The Hall–Kier alpha value is -0.610. The van der Waals surface area contributed by atoms with Crippen LogP contribution in [0.15, 0.2) is 0 Å². The molecule has 4 nitrogen and oxygen atoms in total. The minimum absolute atomic E-state index is 0.111. The lowest BCUT2D eigenvalue weighted by Crippen LogP contribution is -2.42. The van der Waals surface area contributed by atoms with Gasteiger partial charge in [0.15, 0.2) is 0 Å². The van der Waals surface area contributed by atoms with Gasteiger partial charge < -0.3 is 19.5 Å². The molecule has 0 spiro atoms. The van der Waals surface area contributed by atoms with Crippen molar-refractivity contribution in [3.05, 3.63) is 0 Å². The first-order valence-corrected chi connectivity index (χ1v) is 11.5. The molecule has 0 aromatic rings. The van der Waals surface area contributed by atoms with Gasteiger partial charge in [-0.1, -0.05) is 90.9 Å². The van der Waals surface area contributed by atoms with Gasteiger partial charge in [0.05, 0.1) is 27.2 Å². The third kappa shape index (κ3) is 27.7. The number of unbranched alkanes of at least 4 members (excludes halogenated alkanes) is 13. The van der Waals surface area contributed by atoms with Crippen LogP contribution in [0.4, 0.5) is 0 Å². The van der Waals surface area contributed by atoms with Crippen LogP contribution in [0, 0.1) is 0 Å². The molecule has 4 heteroatoms. The molecule has 0 bridgehead atoms. The molecule has 0 aromatic carbocycles. The summed E-state index contributed by atoms with van der Waals surface area (Å²) in [6.07, 6.45) is 20.0. The quantitative estimate of drug-likeness (QED) is 0.274. The fourth-order valence-electron chi connectivity index (χ4n) is 3.12. The number of aliphatic carboxylic acids is 1. The van der Waals surface area contributed by atoms with Gasteiger partial charge in [-0.2, -0.15) is 0 Å². The standard InChI is InChI=1S/C20H44NO.C3H6O2/c1-4-5-6-7-8-9-10-11-12-13-14-15-16-17-18-21(2,3)19-20-22;1-2-3(4)5/h22H,4-20H2,1-3H3;2H2,1H3,(H,4,5)/q+1;/p-1. The minimum atomic E-state index is -0.995. The second kappa shape index (κ2) is 21.7. The van der Waals surface area contributed by atoms with Crippen LogP contribution in [0.1, 0.15) is 110 Å². The number of likely N-dealkylation sites (N-methyl/N-ethyl adjacent to an activating group) is 1. The maximum absolute atomic E-state index is 9.26. The number of hydrogen-bond donors (Lipinski definition) is 1. The van der Waals surface area contributed by atoms with Gasteiger partial charge in [0.1, 0.15) is 6.54 Å².